The number of rotatable bonds is 1. The van der Waals surface area contributed by atoms with Gasteiger partial charge in [0.25, 0.3) is 0 Å². The zero-order valence-corrected chi connectivity index (χ0v) is 9.81. The normalized spacial score (nSPS) is 26.4. The molecule has 0 aromatic heterocycles. The van der Waals surface area contributed by atoms with Gasteiger partial charge in [-0.15, -0.1) is 11.6 Å². The molecule has 0 bridgehead atoms. The summed E-state index contributed by atoms with van der Waals surface area (Å²) in [5.41, 5.74) is 0.619. The van der Waals surface area contributed by atoms with Gasteiger partial charge >= 0.3 is 0 Å². The molecule has 16 heavy (non-hydrogen) atoms. The average Bonchev–Trinajstić information content (AvgIpc) is 2.43. The molecule has 0 radical (unpaired) electrons. The Balaban J connectivity index is 2.21. The first-order chi connectivity index (χ1) is 7.66. The Labute approximate surface area is 99.6 Å². The van der Waals surface area contributed by atoms with Crippen LogP contribution in [0.25, 0.3) is 0 Å². The molecule has 0 amide bonds. The number of halogens is 3. The standard InChI is InChI=1S/C13H15ClF2/c14-10-4-2-1-3-9(7-10)12-6-5-11(15)8-13(12)16/h5-6,8-10H,1-4,7H2. The van der Waals surface area contributed by atoms with Crippen LogP contribution in [0.15, 0.2) is 18.2 Å². The highest BCUT2D eigenvalue weighted by Crippen LogP contribution is 2.35. The molecule has 3 heteroatoms. The van der Waals surface area contributed by atoms with Gasteiger partial charge in [-0.1, -0.05) is 18.9 Å². The summed E-state index contributed by atoms with van der Waals surface area (Å²) >= 11 is 6.15. The minimum Gasteiger partial charge on any atom is -0.207 e. The topological polar surface area (TPSA) is 0 Å². The van der Waals surface area contributed by atoms with Crippen molar-refractivity contribution in [3.63, 3.8) is 0 Å². The van der Waals surface area contributed by atoms with Crippen LogP contribution in [-0.4, -0.2) is 5.38 Å². The predicted octanol–water partition coefficient (Wildman–Crippen LogP) is 4.62. The Morgan fingerprint density at radius 3 is 2.62 bits per heavy atom. The van der Waals surface area contributed by atoms with E-state index in [0.29, 0.717) is 5.56 Å². The summed E-state index contributed by atoms with van der Waals surface area (Å²) in [7, 11) is 0. The van der Waals surface area contributed by atoms with Gasteiger partial charge in [0, 0.05) is 11.4 Å². The number of hydrogen-bond acceptors (Lipinski definition) is 0. The van der Waals surface area contributed by atoms with Gasteiger partial charge < -0.3 is 0 Å². The van der Waals surface area contributed by atoms with Crippen molar-refractivity contribution in [1.82, 2.24) is 0 Å². The molecule has 1 aliphatic carbocycles. The average molecular weight is 245 g/mol. The molecule has 1 saturated carbocycles. The maximum absolute atomic E-state index is 13.6. The second-order valence-corrected chi connectivity index (χ2v) is 5.10. The molecule has 1 aromatic carbocycles. The molecule has 0 aliphatic heterocycles. The summed E-state index contributed by atoms with van der Waals surface area (Å²) < 4.78 is 26.4. The highest BCUT2D eigenvalue weighted by atomic mass is 35.5. The highest BCUT2D eigenvalue weighted by Gasteiger charge is 2.22. The fourth-order valence-corrected chi connectivity index (χ4v) is 2.79. The summed E-state index contributed by atoms with van der Waals surface area (Å²) in [6.45, 7) is 0. The van der Waals surface area contributed by atoms with Crippen LogP contribution in [0.3, 0.4) is 0 Å². The van der Waals surface area contributed by atoms with Crippen molar-refractivity contribution in [3.05, 3.63) is 35.4 Å². The van der Waals surface area contributed by atoms with Crippen LogP contribution in [0, 0.1) is 11.6 Å². The Hall–Kier alpha value is -0.630. The first-order valence-corrected chi connectivity index (χ1v) is 6.19. The molecular formula is C13H15ClF2. The summed E-state index contributed by atoms with van der Waals surface area (Å²) in [6.07, 6.45) is 4.93. The monoisotopic (exact) mass is 244 g/mol. The maximum atomic E-state index is 13.6. The van der Waals surface area contributed by atoms with Crippen molar-refractivity contribution in [2.75, 3.05) is 0 Å². The zero-order valence-electron chi connectivity index (χ0n) is 9.06. The van der Waals surface area contributed by atoms with Gasteiger partial charge in [-0.05, 0) is 36.8 Å². The second kappa shape index (κ2) is 5.13. The second-order valence-electron chi connectivity index (χ2n) is 4.48. The van der Waals surface area contributed by atoms with Crippen LogP contribution in [0.2, 0.25) is 0 Å². The Bertz CT molecular complexity index is 365. The van der Waals surface area contributed by atoms with Crippen molar-refractivity contribution >= 4 is 11.6 Å². The van der Waals surface area contributed by atoms with Crippen LogP contribution in [-0.2, 0) is 0 Å². The van der Waals surface area contributed by atoms with Crippen LogP contribution in [0.4, 0.5) is 8.78 Å². The highest BCUT2D eigenvalue weighted by molar-refractivity contribution is 6.20. The van der Waals surface area contributed by atoms with E-state index in [9.17, 15) is 8.78 Å². The Morgan fingerprint density at radius 1 is 1.12 bits per heavy atom. The molecule has 1 aliphatic rings. The van der Waals surface area contributed by atoms with Crippen LogP contribution in [0.1, 0.15) is 43.6 Å². The summed E-state index contributed by atoms with van der Waals surface area (Å²) in [4.78, 5) is 0. The van der Waals surface area contributed by atoms with Crippen LogP contribution >= 0.6 is 11.6 Å². The Morgan fingerprint density at radius 2 is 1.88 bits per heavy atom. The molecule has 0 saturated heterocycles. The first-order valence-electron chi connectivity index (χ1n) is 5.76. The third-order valence-electron chi connectivity index (χ3n) is 3.26. The summed E-state index contributed by atoms with van der Waals surface area (Å²) in [6, 6.07) is 3.85. The smallest absolute Gasteiger partial charge is 0.129 e. The van der Waals surface area contributed by atoms with Crippen molar-refractivity contribution in [3.8, 4) is 0 Å². The van der Waals surface area contributed by atoms with E-state index in [4.69, 9.17) is 11.6 Å². The molecule has 2 rings (SSSR count). The third kappa shape index (κ3) is 2.73. The number of benzene rings is 1. The summed E-state index contributed by atoms with van der Waals surface area (Å²) in [5.74, 6) is -0.807. The van der Waals surface area contributed by atoms with Gasteiger partial charge in [0.1, 0.15) is 11.6 Å². The SMILES string of the molecule is Fc1ccc(C2CCCCC(Cl)C2)c(F)c1. The summed E-state index contributed by atoms with van der Waals surface area (Å²) in [5, 5.41) is 0.122. The lowest BCUT2D eigenvalue weighted by Gasteiger charge is -2.17. The molecule has 1 fully saturated rings. The molecule has 0 nitrogen and oxygen atoms in total. The molecule has 2 atom stereocenters. The fourth-order valence-electron chi connectivity index (χ4n) is 2.42. The lowest BCUT2D eigenvalue weighted by molar-refractivity contribution is 0.525. The first kappa shape index (κ1) is 11.8. The molecular weight excluding hydrogens is 230 g/mol. The van der Waals surface area contributed by atoms with Crippen molar-refractivity contribution in [2.45, 2.75) is 43.4 Å². The van der Waals surface area contributed by atoms with Gasteiger partial charge in [0.2, 0.25) is 0 Å². The van der Waals surface area contributed by atoms with E-state index in [1.807, 2.05) is 0 Å². The van der Waals surface area contributed by atoms with Gasteiger partial charge in [0.05, 0.1) is 0 Å². The minimum atomic E-state index is -0.516. The Kier molecular flexibility index (Phi) is 3.80. The van der Waals surface area contributed by atoms with E-state index >= 15 is 0 Å². The van der Waals surface area contributed by atoms with Crippen LogP contribution < -0.4 is 0 Å². The van der Waals surface area contributed by atoms with Gasteiger partial charge in [-0.25, -0.2) is 8.78 Å². The van der Waals surface area contributed by atoms with E-state index in [2.05, 4.69) is 0 Å². The lowest BCUT2D eigenvalue weighted by Crippen LogP contribution is -2.06. The van der Waals surface area contributed by atoms with Gasteiger partial charge in [-0.3, -0.25) is 0 Å². The molecule has 0 heterocycles. The van der Waals surface area contributed by atoms with E-state index in [1.165, 1.54) is 6.07 Å². The van der Waals surface area contributed by atoms with E-state index in [1.54, 1.807) is 6.07 Å². The fraction of sp³-hybridized carbons (Fsp3) is 0.538. The van der Waals surface area contributed by atoms with E-state index in [-0.39, 0.29) is 11.3 Å². The van der Waals surface area contributed by atoms with Crippen molar-refractivity contribution in [1.29, 1.82) is 0 Å². The van der Waals surface area contributed by atoms with E-state index < -0.39 is 11.6 Å². The number of hydrogen-bond donors (Lipinski definition) is 0. The molecule has 2 unspecified atom stereocenters. The third-order valence-corrected chi connectivity index (χ3v) is 3.66. The van der Waals surface area contributed by atoms with Gasteiger partial charge in [-0.2, -0.15) is 0 Å². The van der Waals surface area contributed by atoms with Crippen LogP contribution in [0.5, 0.6) is 0 Å². The van der Waals surface area contributed by atoms with E-state index in [0.717, 1.165) is 38.2 Å². The molecule has 0 spiro atoms. The quantitative estimate of drug-likeness (QED) is 0.500. The maximum Gasteiger partial charge on any atom is 0.129 e. The molecule has 1 aromatic rings. The number of alkyl halides is 1. The molecule has 0 N–H and O–H groups in total. The van der Waals surface area contributed by atoms with Crippen molar-refractivity contribution < 1.29 is 8.78 Å². The largest absolute Gasteiger partial charge is 0.207 e. The minimum absolute atomic E-state index is 0.122. The van der Waals surface area contributed by atoms with Crippen molar-refractivity contribution in [2.24, 2.45) is 0 Å². The molecule has 88 valence electrons. The van der Waals surface area contributed by atoms with Gasteiger partial charge in [0.15, 0.2) is 0 Å². The zero-order chi connectivity index (χ0) is 11.5. The predicted molar refractivity (Wildman–Crippen MR) is 61.8 cm³/mol. The lowest BCUT2D eigenvalue weighted by atomic mass is 9.91.